The molecule has 0 bridgehead atoms. The van der Waals surface area contributed by atoms with E-state index in [4.69, 9.17) is 5.73 Å². The second-order valence-electron chi connectivity index (χ2n) is 2.58. The highest BCUT2D eigenvalue weighted by molar-refractivity contribution is 7.09. The number of nitrogens with one attached hydrogen (secondary N) is 1. The van der Waals surface area contributed by atoms with Crippen LogP contribution in [0.3, 0.4) is 0 Å². The molecule has 0 unspecified atom stereocenters. The number of hydrogen-bond donors (Lipinski definition) is 2. The molecule has 3 nitrogen and oxygen atoms in total. The number of nitrogens with two attached hydrogens (primary N) is 1. The van der Waals surface area contributed by atoms with Crippen LogP contribution < -0.4 is 5.73 Å². The Morgan fingerprint density at radius 2 is 2.45 bits per heavy atom. The quantitative estimate of drug-likeness (QED) is 0.678. The molecule has 1 atom stereocenters. The molecule has 0 spiro atoms. The molecule has 0 saturated heterocycles. The lowest BCUT2D eigenvalue weighted by Crippen LogP contribution is -2.06. The van der Waals surface area contributed by atoms with E-state index in [1.165, 1.54) is 0 Å². The summed E-state index contributed by atoms with van der Waals surface area (Å²) >= 11 is 1.65. The third-order valence-corrected chi connectivity index (χ3v) is 2.31. The summed E-state index contributed by atoms with van der Waals surface area (Å²) in [5, 5.41) is 4.05. The van der Waals surface area contributed by atoms with Gasteiger partial charge in [0.15, 0.2) is 0 Å². The summed E-state index contributed by atoms with van der Waals surface area (Å²) in [6, 6.07) is -0.00704. The van der Waals surface area contributed by atoms with Gasteiger partial charge in [0.2, 0.25) is 0 Å². The molecule has 58 valence electrons. The zero-order valence-electron chi connectivity index (χ0n) is 6.16. The molecular formula is C7H9N3S. The number of aromatic amines is 1. The van der Waals surface area contributed by atoms with Gasteiger partial charge in [-0.15, -0.1) is 11.3 Å². The van der Waals surface area contributed by atoms with E-state index in [0.717, 1.165) is 16.9 Å². The van der Waals surface area contributed by atoms with Crippen LogP contribution in [0.25, 0.3) is 11.0 Å². The van der Waals surface area contributed by atoms with Crippen molar-refractivity contribution in [2.45, 2.75) is 13.0 Å². The fourth-order valence-corrected chi connectivity index (χ4v) is 1.67. The summed E-state index contributed by atoms with van der Waals surface area (Å²) < 4.78 is 0. The van der Waals surface area contributed by atoms with Crippen LogP contribution in [0, 0.1) is 0 Å². The summed E-state index contributed by atoms with van der Waals surface area (Å²) in [7, 11) is 0. The molecule has 3 N–H and O–H groups in total. The first-order valence-corrected chi connectivity index (χ1v) is 4.39. The van der Waals surface area contributed by atoms with E-state index in [2.05, 4.69) is 9.97 Å². The van der Waals surface area contributed by atoms with E-state index >= 15 is 0 Å². The molecule has 0 aliphatic heterocycles. The van der Waals surface area contributed by atoms with Crippen molar-refractivity contribution in [1.29, 1.82) is 0 Å². The smallest absolute Gasteiger partial charge is 0.123 e. The highest BCUT2D eigenvalue weighted by atomic mass is 32.1. The van der Waals surface area contributed by atoms with E-state index in [-0.39, 0.29) is 6.04 Å². The molecule has 2 aromatic rings. The summed E-state index contributed by atoms with van der Waals surface area (Å²) in [4.78, 5) is 7.45. The average molecular weight is 167 g/mol. The predicted molar refractivity (Wildman–Crippen MR) is 46.6 cm³/mol. The van der Waals surface area contributed by atoms with Crippen LogP contribution >= 0.6 is 11.3 Å². The number of imidazole rings is 1. The maximum atomic E-state index is 5.65. The van der Waals surface area contributed by atoms with E-state index in [1.54, 1.807) is 11.3 Å². The van der Waals surface area contributed by atoms with Crippen LogP contribution in [0.1, 0.15) is 18.8 Å². The highest BCUT2D eigenvalue weighted by Gasteiger charge is 2.05. The number of aromatic nitrogens is 2. The van der Waals surface area contributed by atoms with E-state index < -0.39 is 0 Å². The molecule has 0 radical (unpaired) electrons. The average Bonchev–Trinajstić information content (AvgIpc) is 2.40. The molecule has 2 rings (SSSR count). The normalized spacial score (nSPS) is 14.0. The van der Waals surface area contributed by atoms with Gasteiger partial charge in [-0.25, -0.2) is 4.98 Å². The highest BCUT2D eigenvalue weighted by Crippen LogP contribution is 2.17. The van der Waals surface area contributed by atoms with Crippen molar-refractivity contribution in [3.63, 3.8) is 0 Å². The first kappa shape index (κ1) is 6.82. The van der Waals surface area contributed by atoms with Crippen molar-refractivity contribution >= 4 is 22.4 Å². The summed E-state index contributed by atoms with van der Waals surface area (Å²) in [6.07, 6.45) is 0. The Kier molecular flexibility index (Phi) is 1.44. The minimum Gasteiger partial charge on any atom is -0.340 e. The van der Waals surface area contributed by atoms with Gasteiger partial charge >= 0.3 is 0 Å². The topological polar surface area (TPSA) is 54.7 Å². The van der Waals surface area contributed by atoms with Gasteiger partial charge in [-0.2, -0.15) is 0 Å². The fourth-order valence-electron chi connectivity index (χ4n) is 0.982. The van der Waals surface area contributed by atoms with Gasteiger partial charge in [-0.1, -0.05) is 0 Å². The number of nitrogens with zero attached hydrogens (tertiary/aromatic N) is 1. The van der Waals surface area contributed by atoms with E-state index in [0.29, 0.717) is 0 Å². The zero-order valence-corrected chi connectivity index (χ0v) is 6.98. The van der Waals surface area contributed by atoms with Crippen molar-refractivity contribution < 1.29 is 0 Å². The molecule has 4 heteroatoms. The molecule has 11 heavy (non-hydrogen) atoms. The SMILES string of the molecule is C[C@@H](N)c1nc2cscc2[nH]1. The third kappa shape index (κ3) is 1.04. The maximum Gasteiger partial charge on any atom is 0.123 e. The van der Waals surface area contributed by atoms with Crippen molar-refractivity contribution in [3.8, 4) is 0 Å². The number of thiophene rings is 1. The monoisotopic (exact) mass is 167 g/mol. The maximum absolute atomic E-state index is 5.65. The van der Waals surface area contributed by atoms with Crippen molar-refractivity contribution in [2.75, 3.05) is 0 Å². The lowest BCUT2D eigenvalue weighted by molar-refractivity contribution is 0.760. The molecule has 0 saturated carbocycles. The number of rotatable bonds is 1. The van der Waals surface area contributed by atoms with E-state index in [9.17, 15) is 0 Å². The van der Waals surface area contributed by atoms with Gasteiger partial charge in [0.25, 0.3) is 0 Å². The second kappa shape index (κ2) is 2.32. The molecule has 0 aliphatic carbocycles. The van der Waals surface area contributed by atoms with Crippen LogP contribution in [0.5, 0.6) is 0 Å². The van der Waals surface area contributed by atoms with Crippen LogP contribution in [0.4, 0.5) is 0 Å². The number of fused-ring (bicyclic) bond motifs is 1. The number of H-pyrrole nitrogens is 1. The Morgan fingerprint density at radius 1 is 1.64 bits per heavy atom. The largest absolute Gasteiger partial charge is 0.340 e. The summed E-state index contributed by atoms with van der Waals surface area (Å²) in [6.45, 7) is 1.92. The van der Waals surface area contributed by atoms with Crippen LogP contribution in [-0.2, 0) is 0 Å². The van der Waals surface area contributed by atoms with Crippen LogP contribution in [-0.4, -0.2) is 9.97 Å². The Labute approximate surface area is 68.3 Å². The molecule has 0 aromatic carbocycles. The van der Waals surface area contributed by atoms with Gasteiger partial charge < -0.3 is 10.7 Å². The molecule has 2 heterocycles. The third-order valence-electron chi connectivity index (χ3n) is 1.58. The molecular weight excluding hydrogens is 158 g/mol. The van der Waals surface area contributed by atoms with E-state index in [1.807, 2.05) is 17.7 Å². The summed E-state index contributed by atoms with van der Waals surface area (Å²) in [5.74, 6) is 0.864. The molecule has 2 aromatic heterocycles. The number of hydrogen-bond acceptors (Lipinski definition) is 3. The lowest BCUT2D eigenvalue weighted by atomic mass is 10.3. The second-order valence-corrected chi connectivity index (χ2v) is 3.32. The Morgan fingerprint density at radius 3 is 3.09 bits per heavy atom. The molecule has 0 aliphatic rings. The standard InChI is InChI=1S/C7H9N3S/c1-4(8)7-9-5-2-11-3-6(5)10-7/h2-4H,8H2,1H3,(H,9,10)/t4-/m1/s1. The molecule has 0 fully saturated rings. The van der Waals surface area contributed by atoms with Crippen molar-refractivity contribution in [2.24, 2.45) is 5.73 Å². The first-order valence-electron chi connectivity index (χ1n) is 3.45. The predicted octanol–water partition coefficient (Wildman–Crippen LogP) is 1.64. The summed E-state index contributed by atoms with van der Waals surface area (Å²) in [5.41, 5.74) is 7.75. The first-order chi connectivity index (χ1) is 5.27. The Balaban J connectivity index is 2.58. The van der Waals surface area contributed by atoms with Gasteiger partial charge in [0, 0.05) is 10.8 Å². The Hall–Kier alpha value is -0.870. The van der Waals surface area contributed by atoms with Crippen molar-refractivity contribution in [3.05, 3.63) is 16.6 Å². The zero-order chi connectivity index (χ0) is 7.84. The minimum absolute atomic E-state index is 0.00704. The fraction of sp³-hybridized carbons (Fsp3) is 0.286. The minimum atomic E-state index is -0.00704. The van der Waals surface area contributed by atoms with Gasteiger partial charge in [-0.3, -0.25) is 0 Å². The van der Waals surface area contributed by atoms with Crippen LogP contribution in [0.2, 0.25) is 0 Å². The molecule has 0 amide bonds. The van der Waals surface area contributed by atoms with Gasteiger partial charge in [0.1, 0.15) is 5.82 Å². The van der Waals surface area contributed by atoms with Gasteiger partial charge in [0.05, 0.1) is 17.1 Å². The van der Waals surface area contributed by atoms with Crippen LogP contribution in [0.15, 0.2) is 10.8 Å². The Bertz CT molecular complexity index is 332. The van der Waals surface area contributed by atoms with Crippen molar-refractivity contribution in [1.82, 2.24) is 9.97 Å². The lowest BCUT2D eigenvalue weighted by Gasteiger charge is -1.96. The van der Waals surface area contributed by atoms with Gasteiger partial charge in [-0.05, 0) is 6.92 Å².